The van der Waals surface area contributed by atoms with Gasteiger partial charge in [0.1, 0.15) is 6.20 Å². The molecule has 0 fully saturated rings. The third kappa shape index (κ3) is 2.33. The summed E-state index contributed by atoms with van der Waals surface area (Å²) >= 11 is 0. The molecule has 1 aromatic heterocycles. The van der Waals surface area contributed by atoms with Crippen LogP contribution in [0.5, 0.6) is 0 Å². The van der Waals surface area contributed by atoms with Gasteiger partial charge in [0.15, 0.2) is 0 Å². The average Bonchev–Trinajstić information content (AvgIpc) is 2.20. The maximum Gasteiger partial charge on any atom is 0.312 e. The first-order chi connectivity index (χ1) is 7.47. The summed E-state index contributed by atoms with van der Waals surface area (Å²) < 4.78 is 0. The lowest BCUT2D eigenvalue weighted by molar-refractivity contribution is -0.385. The predicted molar refractivity (Wildman–Crippen MR) is 56.3 cm³/mol. The number of aliphatic carboxylic acids is 1. The van der Waals surface area contributed by atoms with Crippen LogP contribution in [0, 0.1) is 17.0 Å². The third-order valence-corrected chi connectivity index (χ3v) is 2.35. The molecule has 6 nitrogen and oxygen atoms in total. The number of hydrogen-bond donors (Lipinski definition) is 1. The van der Waals surface area contributed by atoms with E-state index in [0.717, 1.165) is 6.20 Å². The molecule has 0 spiro atoms. The van der Waals surface area contributed by atoms with Gasteiger partial charge in [0.05, 0.1) is 16.5 Å². The Hall–Kier alpha value is -1.98. The van der Waals surface area contributed by atoms with Gasteiger partial charge in [-0.15, -0.1) is 0 Å². The Bertz CT molecular complexity index is 431. The van der Waals surface area contributed by atoms with Crippen molar-refractivity contribution < 1.29 is 14.8 Å². The molecule has 86 valence electrons. The monoisotopic (exact) mass is 224 g/mol. The summed E-state index contributed by atoms with van der Waals surface area (Å²) in [5, 5.41) is 19.4. The Labute approximate surface area is 92.1 Å². The second kappa shape index (κ2) is 4.69. The van der Waals surface area contributed by atoms with Gasteiger partial charge in [0.25, 0.3) is 5.69 Å². The highest BCUT2D eigenvalue weighted by atomic mass is 16.6. The number of pyridine rings is 1. The lowest BCUT2D eigenvalue weighted by Gasteiger charge is -2.11. The molecule has 1 aromatic rings. The quantitative estimate of drug-likeness (QED) is 0.622. The molecule has 0 aliphatic carbocycles. The number of nitrogens with zero attached hydrogens (tertiary/aromatic N) is 2. The largest absolute Gasteiger partial charge is 0.481 e. The summed E-state index contributed by atoms with van der Waals surface area (Å²) in [6.45, 7) is 3.36. The SMILES string of the molecule is CCC(C(=O)O)c1ncc([N+](=O)[O-])cc1C. The molecule has 0 radical (unpaired) electrons. The smallest absolute Gasteiger partial charge is 0.312 e. The zero-order chi connectivity index (χ0) is 12.3. The standard InChI is InChI=1S/C10H12N2O4/c1-3-8(10(13)14)9-6(2)4-7(5-11-9)12(15)16/h4-5,8H,3H2,1-2H3,(H,13,14). The van der Waals surface area contributed by atoms with Crippen molar-refractivity contribution in [1.29, 1.82) is 0 Å². The molecule has 0 aliphatic rings. The molecule has 16 heavy (non-hydrogen) atoms. The van der Waals surface area contributed by atoms with Crippen molar-refractivity contribution >= 4 is 11.7 Å². The third-order valence-electron chi connectivity index (χ3n) is 2.35. The molecule has 1 rings (SSSR count). The average molecular weight is 224 g/mol. The lowest BCUT2D eigenvalue weighted by Crippen LogP contribution is -2.13. The van der Waals surface area contributed by atoms with E-state index in [9.17, 15) is 14.9 Å². The number of carboxylic acids is 1. The molecule has 0 saturated carbocycles. The minimum atomic E-state index is -0.966. The van der Waals surface area contributed by atoms with Gasteiger partial charge in [0, 0.05) is 6.07 Å². The highest BCUT2D eigenvalue weighted by Gasteiger charge is 2.22. The van der Waals surface area contributed by atoms with Gasteiger partial charge < -0.3 is 5.11 Å². The van der Waals surface area contributed by atoms with E-state index < -0.39 is 16.8 Å². The van der Waals surface area contributed by atoms with E-state index in [2.05, 4.69) is 4.98 Å². The molecule has 0 aromatic carbocycles. The molecule has 6 heteroatoms. The summed E-state index contributed by atoms with van der Waals surface area (Å²) in [6, 6.07) is 1.34. The summed E-state index contributed by atoms with van der Waals surface area (Å²) in [6.07, 6.45) is 1.49. The van der Waals surface area contributed by atoms with Crippen molar-refractivity contribution in [3.63, 3.8) is 0 Å². The summed E-state index contributed by atoms with van der Waals surface area (Å²) in [4.78, 5) is 24.7. The Morgan fingerprint density at radius 3 is 2.69 bits per heavy atom. The summed E-state index contributed by atoms with van der Waals surface area (Å²) in [5.74, 6) is -1.67. The van der Waals surface area contributed by atoms with Crippen LogP contribution in [-0.2, 0) is 4.79 Å². The van der Waals surface area contributed by atoms with E-state index in [0.29, 0.717) is 17.7 Å². The second-order valence-electron chi connectivity index (χ2n) is 3.45. The van der Waals surface area contributed by atoms with Crippen molar-refractivity contribution in [2.75, 3.05) is 0 Å². The molecule has 1 N–H and O–H groups in total. The molecule has 1 unspecified atom stereocenters. The topological polar surface area (TPSA) is 93.3 Å². The van der Waals surface area contributed by atoms with Crippen LogP contribution in [-0.4, -0.2) is 21.0 Å². The maximum absolute atomic E-state index is 10.9. The number of carbonyl (C=O) groups is 1. The first kappa shape index (κ1) is 12.1. The molecular weight excluding hydrogens is 212 g/mol. The van der Waals surface area contributed by atoms with Gasteiger partial charge in [-0.05, 0) is 18.9 Å². The fourth-order valence-corrected chi connectivity index (χ4v) is 1.52. The lowest BCUT2D eigenvalue weighted by atomic mass is 9.98. The highest BCUT2D eigenvalue weighted by Crippen LogP contribution is 2.23. The minimum Gasteiger partial charge on any atom is -0.481 e. The minimum absolute atomic E-state index is 0.124. The van der Waals surface area contributed by atoms with Gasteiger partial charge >= 0.3 is 5.97 Å². The number of aromatic nitrogens is 1. The van der Waals surface area contributed by atoms with Crippen molar-refractivity contribution in [3.8, 4) is 0 Å². The Balaban J connectivity index is 3.16. The zero-order valence-corrected chi connectivity index (χ0v) is 9.01. The van der Waals surface area contributed by atoms with Crippen LogP contribution in [0.4, 0.5) is 5.69 Å². The van der Waals surface area contributed by atoms with Crippen LogP contribution in [0.25, 0.3) is 0 Å². The molecule has 1 atom stereocenters. The van der Waals surface area contributed by atoms with Crippen molar-refractivity contribution in [2.24, 2.45) is 0 Å². The van der Waals surface area contributed by atoms with Crippen LogP contribution in [0.1, 0.15) is 30.5 Å². The Kier molecular flexibility index (Phi) is 3.55. The van der Waals surface area contributed by atoms with E-state index in [1.165, 1.54) is 6.07 Å². The number of carboxylic acid groups (broad SMARTS) is 1. The van der Waals surface area contributed by atoms with Crippen molar-refractivity contribution in [3.05, 3.63) is 33.6 Å². The molecule has 0 bridgehead atoms. The maximum atomic E-state index is 10.9. The molecule has 0 amide bonds. The molecule has 0 saturated heterocycles. The number of nitro groups is 1. The van der Waals surface area contributed by atoms with E-state index in [1.54, 1.807) is 13.8 Å². The van der Waals surface area contributed by atoms with Crippen LogP contribution in [0.3, 0.4) is 0 Å². The summed E-state index contributed by atoms with van der Waals surface area (Å²) in [7, 11) is 0. The van der Waals surface area contributed by atoms with Gasteiger partial charge in [-0.3, -0.25) is 19.9 Å². The van der Waals surface area contributed by atoms with Gasteiger partial charge in [-0.2, -0.15) is 0 Å². The van der Waals surface area contributed by atoms with Crippen molar-refractivity contribution in [1.82, 2.24) is 4.98 Å². The fourth-order valence-electron chi connectivity index (χ4n) is 1.52. The first-order valence-electron chi connectivity index (χ1n) is 4.81. The van der Waals surface area contributed by atoms with Crippen LogP contribution in [0.15, 0.2) is 12.3 Å². The first-order valence-corrected chi connectivity index (χ1v) is 4.81. The molecular formula is C10H12N2O4. The van der Waals surface area contributed by atoms with Gasteiger partial charge in [-0.25, -0.2) is 0 Å². The van der Waals surface area contributed by atoms with Crippen LogP contribution in [0.2, 0.25) is 0 Å². The van der Waals surface area contributed by atoms with Gasteiger partial charge in [0.2, 0.25) is 0 Å². The predicted octanol–water partition coefficient (Wildman–Crippen LogP) is 1.88. The Morgan fingerprint density at radius 1 is 1.69 bits per heavy atom. The van der Waals surface area contributed by atoms with Crippen LogP contribution >= 0.6 is 0 Å². The second-order valence-corrected chi connectivity index (χ2v) is 3.45. The van der Waals surface area contributed by atoms with E-state index >= 15 is 0 Å². The van der Waals surface area contributed by atoms with Crippen molar-refractivity contribution in [2.45, 2.75) is 26.2 Å². The normalized spacial score (nSPS) is 12.1. The Morgan fingerprint density at radius 2 is 2.31 bits per heavy atom. The number of aryl methyl sites for hydroxylation is 1. The molecule has 0 aliphatic heterocycles. The number of rotatable bonds is 4. The van der Waals surface area contributed by atoms with E-state index in [4.69, 9.17) is 5.11 Å². The highest BCUT2D eigenvalue weighted by molar-refractivity contribution is 5.75. The zero-order valence-electron chi connectivity index (χ0n) is 9.01. The van der Waals surface area contributed by atoms with E-state index in [-0.39, 0.29) is 5.69 Å². The van der Waals surface area contributed by atoms with Crippen LogP contribution < -0.4 is 0 Å². The van der Waals surface area contributed by atoms with E-state index in [1.807, 2.05) is 0 Å². The summed E-state index contributed by atoms with van der Waals surface area (Å²) in [5.41, 5.74) is 0.797. The van der Waals surface area contributed by atoms with Gasteiger partial charge in [-0.1, -0.05) is 6.92 Å². The number of hydrogen-bond acceptors (Lipinski definition) is 4. The molecule has 1 heterocycles. The fraction of sp³-hybridized carbons (Fsp3) is 0.400.